The lowest BCUT2D eigenvalue weighted by Gasteiger charge is -2.13. The van der Waals surface area contributed by atoms with Gasteiger partial charge in [0.15, 0.2) is 0 Å². The number of nitrogens with one attached hydrogen (secondary N) is 1. The zero-order valence-electron chi connectivity index (χ0n) is 10.3. The van der Waals surface area contributed by atoms with Gasteiger partial charge >= 0.3 is 0 Å². The molecule has 3 N–H and O–H groups in total. The molecule has 5 heteroatoms. The Morgan fingerprint density at radius 3 is 2.83 bits per heavy atom. The normalized spacial score (nSPS) is 23.0. The highest BCUT2D eigenvalue weighted by Gasteiger charge is 2.25. The number of amides is 1. The summed E-state index contributed by atoms with van der Waals surface area (Å²) >= 11 is 5.88. The quantitative estimate of drug-likeness (QED) is 0.826. The number of rotatable bonds is 3. The molecule has 0 heterocycles. The first-order chi connectivity index (χ1) is 8.58. The van der Waals surface area contributed by atoms with E-state index >= 15 is 0 Å². The SMILES string of the molecule is COC1CCC(NC(=O)c2cc(N)cc(Cl)c2)C1. The van der Waals surface area contributed by atoms with E-state index in [-0.39, 0.29) is 18.1 Å². The van der Waals surface area contributed by atoms with E-state index < -0.39 is 0 Å². The molecular weight excluding hydrogens is 252 g/mol. The molecule has 1 fully saturated rings. The lowest BCUT2D eigenvalue weighted by molar-refractivity contribution is 0.0915. The summed E-state index contributed by atoms with van der Waals surface area (Å²) in [6.07, 6.45) is 3.04. The summed E-state index contributed by atoms with van der Waals surface area (Å²) in [7, 11) is 1.70. The fourth-order valence-electron chi connectivity index (χ4n) is 2.30. The Morgan fingerprint density at radius 2 is 2.22 bits per heavy atom. The van der Waals surface area contributed by atoms with Crippen LogP contribution in [-0.4, -0.2) is 25.2 Å². The van der Waals surface area contributed by atoms with E-state index in [0.29, 0.717) is 16.3 Å². The predicted molar refractivity (Wildman–Crippen MR) is 71.8 cm³/mol. The molecule has 2 atom stereocenters. The van der Waals surface area contributed by atoms with Gasteiger partial charge < -0.3 is 15.8 Å². The van der Waals surface area contributed by atoms with E-state index in [9.17, 15) is 4.79 Å². The van der Waals surface area contributed by atoms with E-state index in [1.54, 1.807) is 25.3 Å². The van der Waals surface area contributed by atoms with Crippen LogP contribution in [0.15, 0.2) is 18.2 Å². The molecule has 0 bridgehead atoms. The van der Waals surface area contributed by atoms with Crippen molar-refractivity contribution < 1.29 is 9.53 Å². The second kappa shape index (κ2) is 5.59. The largest absolute Gasteiger partial charge is 0.399 e. The third-order valence-corrected chi connectivity index (χ3v) is 3.45. The Labute approximate surface area is 111 Å². The van der Waals surface area contributed by atoms with Crippen molar-refractivity contribution in [3.8, 4) is 0 Å². The van der Waals surface area contributed by atoms with E-state index in [1.807, 2.05) is 0 Å². The molecule has 0 spiro atoms. The van der Waals surface area contributed by atoms with Gasteiger partial charge in [0, 0.05) is 29.4 Å². The van der Waals surface area contributed by atoms with Gasteiger partial charge in [-0.15, -0.1) is 0 Å². The standard InChI is InChI=1S/C13H17ClN2O2/c1-18-12-3-2-11(7-12)16-13(17)8-4-9(14)6-10(15)5-8/h4-6,11-12H,2-3,7,15H2,1H3,(H,16,17). The first-order valence-corrected chi connectivity index (χ1v) is 6.36. The Kier molecular flexibility index (Phi) is 4.09. The highest BCUT2D eigenvalue weighted by molar-refractivity contribution is 6.31. The Balaban J connectivity index is 1.99. The Bertz CT molecular complexity index is 430. The van der Waals surface area contributed by atoms with Crippen molar-refractivity contribution in [1.29, 1.82) is 0 Å². The van der Waals surface area contributed by atoms with Gasteiger partial charge in [0.05, 0.1) is 6.10 Å². The van der Waals surface area contributed by atoms with Crippen molar-refractivity contribution >= 4 is 23.2 Å². The van der Waals surface area contributed by atoms with Crippen molar-refractivity contribution in [3.63, 3.8) is 0 Å². The first kappa shape index (κ1) is 13.2. The summed E-state index contributed by atoms with van der Waals surface area (Å²) in [5.41, 5.74) is 6.66. The molecule has 2 rings (SSSR count). The zero-order chi connectivity index (χ0) is 13.1. The molecule has 0 saturated heterocycles. The molecule has 1 amide bonds. The topological polar surface area (TPSA) is 64.3 Å². The number of hydrogen-bond acceptors (Lipinski definition) is 3. The maximum atomic E-state index is 12.0. The van der Waals surface area contributed by atoms with Crippen LogP contribution in [0.5, 0.6) is 0 Å². The molecule has 1 saturated carbocycles. The van der Waals surface area contributed by atoms with Crippen LogP contribution in [0.3, 0.4) is 0 Å². The molecule has 2 unspecified atom stereocenters. The van der Waals surface area contributed by atoms with Crippen LogP contribution in [0.1, 0.15) is 29.6 Å². The summed E-state index contributed by atoms with van der Waals surface area (Å²) < 4.78 is 5.27. The summed E-state index contributed by atoms with van der Waals surface area (Å²) in [5, 5.41) is 3.45. The van der Waals surface area contributed by atoms with E-state index in [4.69, 9.17) is 22.1 Å². The summed E-state index contributed by atoms with van der Waals surface area (Å²) in [6, 6.07) is 5.04. The molecule has 1 aromatic carbocycles. The fourth-order valence-corrected chi connectivity index (χ4v) is 2.54. The number of carbonyl (C=O) groups is 1. The first-order valence-electron chi connectivity index (χ1n) is 5.98. The maximum Gasteiger partial charge on any atom is 0.251 e. The second-order valence-corrected chi connectivity index (χ2v) is 5.05. The van der Waals surface area contributed by atoms with E-state index in [2.05, 4.69) is 5.32 Å². The third kappa shape index (κ3) is 3.15. The minimum atomic E-state index is -0.133. The van der Waals surface area contributed by atoms with Crippen molar-refractivity contribution in [2.45, 2.75) is 31.4 Å². The Hall–Kier alpha value is -1.26. The number of carbonyl (C=O) groups excluding carboxylic acids is 1. The smallest absolute Gasteiger partial charge is 0.251 e. The number of benzene rings is 1. The highest BCUT2D eigenvalue weighted by Crippen LogP contribution is 2.22. The van der Waals surface area contributed by atoms with E-state index in [0.717, 1.165) is 19.3 Å². The number of halogens is 1. The van der Waals surface area contributed by atoms with Gasteiger partial charge in [0.25, 0.3) is 5.91 Å². The van der Waals surface area contributed by atoms with Gasteiger partial charge in [0.2, 0.25) is 0 Å². The number of nitrogens with two attached hydrogens (primary N) is 1. The van der Waals surface area contributed by atoms with Crippen LogP contribution in [-0.2, 0) is 4.74 Å². The molecule has 18 heavy (non-hydrogen) atoms. The monoisotopic (exact) mass is 268 g/mol. The molecular formula is C13H17ClN2O2. The van der Waals surface area contributed by atoms with Crippen LogP contribution in [0.4, 0.5) is 5.69 Å². The number of nitrogen functional groups attached to an aromatic ring is 1. The van der Waals surface area contributed by atoms with Gasteiger partial charge in [-0.2, -0.15) is 0 Å². The second-order valence-electron chi connectivity index (χ2n) is 4.61. The van der Waals surface area contributed by atoms with Crippen molar-refractivity contribution in [2.75, 3.05) is 12.8 Å². The molecule has 0 aliphatic heterocycles. The minimum Gasteiger partial charge on any atom is -0.399 e. The number of anilines is 1. The van der Waals surface area contributed by atoms with Crippen LogP contribution in [0.25, 0.3) is 0 Å². The summed E-state index contributed by atoms with van der Waals surface area (Å²) in [4.78, 5) is 12.0. The van der Waals surface area contributed by atoms with E-state index in [1.165, 1.54) is 0 Å². The number of hydrogen-bond donors (Lipinski definition) is 2. The predicted octanol–water partition coefficient (Wildman–Crippen LogP) is 2.22. The zero-order valence-corrected chi connectivity index (χ0v) is 11.0. The molecule has 0 aromatic heterocycles. The Morgan fingerprint density at radius 1 is 1.44 bits per heavy atom. The molecule has 4 nitrogen and oxygen atoms in total. The fraction of sp³-hybridized carbons (Fsp3) is 0.462. The lowest BCUT2D eigenvalue weighted by atomic mass is 10.1. The van der Waals surface area contributed by atoms with Crippen LogP contribution < -0.4 is 11.1 Å². The van der Waals surface area contributed by atoms with Gasteiger partial charge in [-0.25, -0.2) is 0 Å². The van der Waals surface area contributed by atoms with Gasteiger partial charge in [-0.1, -0.05) is 11.6 Å². The van der Waals surface area contributed by atoms with Crippen molar-refractivity contribution in [3.05, 3.63) is 28.8 Å². The molecule has 98 valence electrons. The number of methoxy groups -OCH3 is 1. The van der Waals surface area contributed by atoms with Crippen molar-refractivity contribution in [2.24, 2.45) is 0 Å². The van der Waals surface area contributed by atoms with Crippen LogP contribution in [0, 0.1) is 0 Å². The average Bonchev–Trinajstić information content (AvgIpc) is 2.75. The summed E-state index contributed by atoms with van der Waals surface area (Å²) in [6.45, 7) is 0. The maximum absolute atomic E-state index is 12.0. The highest BCUT2D eigenvalue weighted by atomic mass is 35.5. The van der Waals surface area contributed by atoms with Crippen LogP contribution >= 0.6 is 11.6 Å². The minimum absolute atomic E-state index is 0.133. The lowest BCUT2D eigenvalue weighted by Crippen LogP contribution is -2.33. The summed E-state index contributed by atoms with van der Waals surface area (Å²) in [5.74, 6) is -0.133. The van der Waals surface area contributed by atoms with Gasteiger partial charge in [-0.3, -0.25) is 4.79 Å². The number of ether oxygens (including phenoxy) is 1. The van der Waals surface area contributed by atoms with Crippen LogP contribution in [0.2, 0.25) is 5.02 Å². The molecule has 1 aliphatic rings. The molecule has 0 radical (unpaired) electrons. The van der Waals surface area contributed by atoms with Crippen molar-refractivity contribution in [1.82, 2.24) is 5.32 Å². The third-order valence-electron chi connectivity index (χ3n) is 3.24. The average molecular weight is 269 g/mol. The molecule has 1 aliphatic carbocycles. The van der Waals surface area contributed by atoms with Gasteiger partial charge in [0.1, 0.15) is 0 Å². The molecule has 1 aromatic rings. The van der Waals surface area contributed by atoms with Gasteiger partial charge in [-0.05, 0) is 37.5 Å².